The second-order valence-electron chi connectivity index (χ2n) is 8.08. The predicted molar refractivity (Wildman–Crippen MR) is 142 cm³/mol. The van der Waals surface area contributed by atoms with Crippen LogP contribution in [0.3, 0.4) is 0 Å². The standard InChI is InChI=1S/C25H24N6O5S2/c1-16-3-9-20(10-4-16)38(34,35)31-21(13-28-23(32)18-11-26-15-27-12-18)24(33)30-25-29-22(14-37-25)17-5-7-19(36-2)8-6-17/h3-12,14-15,21,31H,13H2,1-2H3,(H,28,32)(H,29,30,33). The topological polar surface area (TPSA) is 152 Å². The molecule has 0 radical (unpaired) electrons. The van der Waals surface area contributed by atoms with Crippen molar-refractivity contribution >= 4 is 38.3 Å². The minimum Gasteiger partial charge on any atom is -0.497 e. The summed E-state index contributed by atoms with van der Waals surface area (Å²) in [7, 11) is -2.51. The molecule has 0 spiro atoms. The van der Waals surface area contributed by atoms with Gasteiger partial charge in [-0.3, -0.25) is 9.59 Å². The molecule has 0 saturated carbocycles. The van der Waals surface area contributed by atoms with Gasteiger partial charge in [0.2, 0.25) is 15.9 Å². The van der Waals surface area contributed by atoms with Crippen molar-refractivity contribution in [1.82, 2.24) is 25.0 Å². The SMILES string of the molecule is COc1ccc(-c2csc(NC(=O)C(CNC(=O)c3cncnc3)NS(=O)(=O)c3ccc(C)cc3)n2)cc1. The summed E-state index contributed by atoms with van der Waals surface area (Å²) >= 11 is 1.18. The lowest BCUT2D eigenvalue weighted by atomic mass is 10.2. The number of methoxy groups -OCH3 is 1. The number of aryl methyl sites for hydroxylation is 1. The van der Waals surface area contributed by atoms with E-state index < -0.39 is 27.9 Å². The minimum absolute atomic E-state index is 0.0141. The number of sulfonamides is 1. The molecule has 196 valence electrons. The van der Waals surface area contributed by atoms with Crippen LogP contribution in [0, 0.1) is 6.92 Å². The Hall–Kier alpha value is -4.20. The third-order valence-corrected chi connectivity index (χ3v) is 7.60. The highest BCUT2D eigenvalue weighted by Crippen LogP contribution is 2.26. The van der Waals surface area contributed by atoms with Crippen LogP contribution in [0.4, 0.5) is 5.13 Å². The van der Waals surface area contributed by atoms with Crippen LogP contribution < -0.4 is 20.1 Å². The first-order valence-electron chi connectivity index (χ1n) is 11.3. The van der Waals surface area contributed by atoms with Crippen LogP contribution in [-0.4, -0.2) is 54.9 Å². The maximum absolute atomic E-state index is 13.2. The number of nitrogens with one attached hydrogen (secondary N) is 3. The van der Waals surface area contributed by atoms with E-state index in [1.54, 1.807) is 36.8 Å². The highest BCUT2D eigenvalue weighted by molar-refractivity contribution is 7.89. The predicted octanol–water partition coefficient (Wildman–Crippen LogP) is 2.63. The summed E-state index contributed by atoms with van der Waals surface area (Å²) in [6.07, 6.45) is 3.89. The zero-order valence-electron chi connectivity index (χ0n) is 20.4. The summed E-state index contributed by atoms with van der Waals surface area (Å²) in [5.41, 5.74) is 2.49. The monoisotopic (exact) mass is 552 g/mol. The first-order chi connectivity index (χ1) is 18.2. The van der Waals surface area contributed by atoms with Gasteiger partial charge in [-0.15, -0.1) is 11.3 Å². The number of hydrogen-bond donors (Lipinski definition) is 3. The van der Waals surface area contributed by atoms with Crippen LogP contribution in [0.25, 0.3) is 11.3 Å². The second-order valence-corrected chi connectivity index (χ2v) is 10.7. The molecule has 38 heavy (non-hydrogen) atoms. The molecule has 2 heterocycles. The average molecular weight is 553 g/mol. The van der Waals surface area contributed by atoms with Gasteiger partial charge < -0.3 is 15.4 Å². The number of aromatic nitrogens is 3. The van der Waals surface area contributed by atoms with Crippen molar-refractivity contribution in [3.63, 3.8) is 0 Å². The number of nitrogens with zero attached hydrogens (tertiary/aromatic N) is 3. The molecule has 4 rings (SSSR count). The van der Waals surface area contributed by atoms with Crippen LogP contribution in [0.5, 0.6) is 5.75 Å². The highest BCUT2D eigenvalue weighted by atomic mass is 32.2. The van der Waals surface area contributed by atoms with Gasteiger partial charge in [-0.1, -0.05) is 17.7 Å². The Kier molecular flexibility index (Phi) is 8.41. The lowest BCUT2D eigenvalue weighted by molar-refractivity contribution is -0.117. The van der Waals surface area contributed by atoms with Crippen molar-refractivity contribution in [2.45, 2.75) is 17.9 Å². The van der Waals surface area contributed by atoms with Crippen molar-refractivity contribution in [3.8, 4) is 17.0 Å². The molecule has 4 aromatic rings. The molecule has 0 aliphatic heterocycles. The lowest BCUT2D eigenvalue weighted by Gasteiger charge is -2.18. The summed E-state index contributed by atoms with van der Waals surface area (Å²) < 4.78 is 33.6. The number of carbonyl (C=O) groups is 2. The van der Waals surface area contributed by atoms with Gasteiger partial charge in [-0.25, -0.2) is 23.4 Å². The summed E-state index contributed by atoms with van der Waals surface area (Å²) in [4.78, 5) is 37.7. The summed E-state index contributed by atoms with van der Waals surface area (Å²) in [5, 5.41) is 7.23. The molecule has 3 N–H and O–H groups in total. The molecule has 2 aromatic heterocycles. The van der Waals surface area contributed by atoms with Gasteiger partial charge >= 0.3 is 0 Å². The van der Waals surface area contributed by atoms with Crippen molar-refractivity contribution in [2.75, 3.05) is 19.0 Å². The number of anilines is 1. The normalized spacial score (nSPS) is 11.9. The Labute approximate surface area is 223 Å². The van der Waals surface area contributed by atoms with Gasteiger partial charge in [0.25, 0.3) is 5.91 Å². The van der Waals surface area contributed by atoms with Gasteiger partial charge in [0.15, 0.2) is 5.13 Å². The van der Waals surface area contributed by atoms with Gasteiger partial charge in [-0.05, 0) is 43.3 Å². The number of benzene rings is 2. The first kappa shape index (κ1) is 26.9. The van der Waals surface area contributed by atoms with Crippen LogP contribution >= 0.6 is 11.3 Å². The summed E-state index contributed by atoms with van der Waals surface area (Å²) in [5.74, 6) is -0.555. The number of amides is 2. The third kappa shape index (κ3) is 6.76. The van der Waals surface area contributed by atoms with Gasteiger partial charge in [0.1, 0.15) is 18.1 Å². The largest absolute Gasteiger partial charge is 0.497 e. The molecule has 11 nitrogen and oxygen atoms in total. The molecule has 13 heteroatoms. The van der Waals surface area contributed by atoms with E-state index in [1.165, 1.54) is 42.2 Å². The molecule has 2 aromatic carbocycles. The van der Waals surface area contributed by atoms with E-state index in [0.717, 1.165) is 11.1 Å². The fraction of sp³-hybridized carbons (Fsp3) is 0.160. The maximum atomic E-state index is 13.2. The zero-order valence-corrected chi connectivity index (χ0v) is 22.0. The minimum atomic E-state index is -4.09. The molecular formula is C25H24N6O5S2. The maximum Gasteiger partial charge on any atom is 0.254 e. The highest BCUT2D eigenvalue weighted by Gasteiger charge is 2.27. The van der Waals surface area contributed by atoms with Gasteiger partial charge in [0, 0.05) is 29.9 Å². The molecule has 1 atom stereocenters. The summed E-state index contributed by atoms with van der Waals surface area (Å²) in [6, 6.07) is 12.1. The summed E-state index contributed by atoms with van der Waals surface area (Å²) in [6.45, 7) is 1.50. The number of hydrogen-bond acceptors (Lipinski definition) is 9. The van der Waals surface area contributed by atoms with Crippen LogP contribution in [0.2, 0.25) is 0 Å². The van der Waals surface area contributed by atoms with E-state index >= 15 is 0 Å². The Balaban J connectivity index is 1.51. The Morgan fingerprint density at radius 1 is 1.03 bits per heavy atom. The fourth-order valence-electron chi connectivity index (χ4n) is 3.29. The van der Waals surface area contributed by atoms with E-state index in [1.807, 2.05) is 19.1 Å². The second kappa shape index (κ2) is 11.9. The first-order valence-corrected chi connectivity index (χ1v) is 13.6. The van der Waals surface area contributed by atoms with E-state index in [9.17, 15) is 18.0 Å². The van der Waals surface area contributed by atoms with Crippen molar-refractivity contribution in [1.29, 1.82) is 0 Å². The number of carbonyl (C=O) groups excluding carboxylic acids is 2. The van der Waals surface area contributed by atoms with E-state index in [-0.39, 0.29) is 22.1 Å². The molecule has 2 amide bonds. The lowest BCUT2D eigenvalue weighted by Crippen LogP contribution is -2.50. The molecule has 0 saturated heterocycles. The van der Waals surface area contributed by atoms with Crippen LogP contribution in [-0.2, 0) is 14.8 Å². The Morgan fingerprint density at radius 3 is 2.37 bits per heavy atom. The zero-order chi connectivity index (χ0) is 27.1. The van der Waals surface area contributed by atoms with Crippen molar-refractivity contribution in [3.05, 3.63) is 83.8 Å². The van der Waals surface area contributed by atoms with Crippen molar-refractivity contribution in [2.24, 2.45) is 0 Å². The molecule has 0 aliphatic carbocycles. The molecule has 0 bridgehead atoms. The Bertz CT molecular complexity index is 1510. The fourth-order valence-corrected chi connectivity index (χ4v) is 5.21. The van der Waals surface area contributed by atoms with Crippen LogP contribution in [0.1, 0.15) is 15.9 Å². The number of ether oxygens (including phenoxy) is 1. The molecule has 0 fully saturated rings. The quantitative estimate of drug-likeness (QED) is 0.272. The molecule has 0 aliphatic rings. The van der Waals surface area contributed by atoms with Crippen LogP contribution in [0.15, 0.2) is 77.5 Å². The van der Waals surface area contributed by atoms with E-state index in [0.29, 0.717) is 11.4 Å². The average Bonchev–Trinajstić information content (AvgIpc) is 3.40. The smallest absolute Gasteiger partial charge is 0.254 e. The van der Waals surface area contributed by atoms with Gasteiger partial charge in [-0.2, -0.15) is 4.72 Å². The third-order valence-electron chi connectivity index (χ3n) is 5.35. The van der Waals surface area contributed by atoms with Crippen molar-refractivity contribution < 1.29 is 22.7 Å². The number of thiazole rings is 1. The van der Waals surface area contributed by atoms with Gasteiger partial charge in [0.05, 0.1) is 23.3 Å². The molecular weight excluding hydrogens is 528 g/mol. The van der Waals surface area contributed by atoms with E-state index in [2.05, 4.69) is 30.3 Å². The Morgan fingerprint density at radius 2 is 1.71 bits per heavy atom. The van der Waals surface area contributed by atoms with E-state index in [4.69, 9.17) is 4.74 Å². The molecule has 1 unspecified atom stereocenters. The number of rotatable bonds is 10.